The Labute approximate surface area is 158 Å². The molecule has 8 heteroatoms. The lowest BCUT2D eigenvalue weighted by Gasteiger charge is -2.35. The van der Waals surface area contributed by atoms with Crippen LogP contribution in [0.5, 0.6) is 5.75 Å². The van der Waals surface area contributed by atoms with E-state index >= 15 is 0 Å². The van der Waals surface area contributed by atoms with Crippen LogP contribution in [0.1, 0.15) is 22.3 Å². The Morgan fingerprint density at radius 3 is 2.93 bits per heavy atom. The highest BCUT2D eigenvalue weighted by atomic mass is 16.5. The number of aromatic amines is 1. The van der Waals surface area contributed by atoms with Gasteiger partial charge in [-0.25, -0.2) is 0 Å². The molecular weight excluding hydrogens is 346 g/mol. The number of fused-ring (bicyclic) bond motifs is 1. The molecule has 1 aromatic carbocycles. The molecule has 2 aromatic rings. The van der Waals surface area contributed by atoms with Gasteiger partial charge in [0.05, 0.1) is 24.3 Å². The fourth-order valence-electron chi connectivity index (χ4n) is 3.04. The van der Waals surface area contributed by atoms with Gasteiger partial charge in [-0.2, -0.15) is 5.10 Å². The van der Waals surface area contributed by atoms with E-state index in [1.807, 2.05) is 30.3 Å². The monoisotopic (exact) mass is 371 g/mol. The third kappa shape index (κ3) is 4.39. The number of benzene rings is 1. The smallest absolute Gasteiger partial charge is 0.253 e. The standard InChI is InChI=1S/C19H25N5O3/c1-23(2)19(26)14-4-5-17-16(8-14)24(3)15(12-27-17)9-18(25)20-7-6-13-10-21-22-11-13/h4-5,8,10-11,15H,6-7,9,12H2,1-3H3,(H,20,25)(H,21,22)/t15-/m1/s1. The van der Waals surface area contributed by atoms with Gasteiger partial charge in [0.25, 0.3) is 5.91 Å². The van der Waals surface area contributed by atoms with Crippen molar-refractivity contribution in [1.29, 1.82) is 0 Å². The molecular formula is C19H25N5O3. The van der Waals surface area contributed by atoms with Crippen LogP contribution in [0.25, 0.3) is 0 Å². The van der Waals surface area contributed by atoms with Gasteiger partial charge in [-0.05, 0) is 30.2 Å². The van der Waals surface area contributed by atoms with Gasteiger partial charge in [-0.3, -0.25) is 14.7 Å². The van der Waals surface area contributed by atoms with E-state index in [1.54, 1.807) is 26.4 Å². The lowest BCUT2D eigenvalue weighted by molar-refractivity contribution is -0.121. The van der Waals surface area contributed by atoms with Crippen LogP contribution in [-0.4, -0.2) is 67.2 Å². The first-order valence-electron chi connectivity index (χ1n) is 8.91. The van der Waals surface area contributed by atoms with Crippen LogP contribution in [0.15, 0.2) is 30.6 Å². The second kappa shape index (κ2) is 8.11. The number of likely N-dealkylation sites (N-methyl/N-ethyl adjacent to an activating group) is 1. The minimum atomic E-state index is -0.0869. The van der Waals surface area contributed by atoms with E-state index in [1.165, 1.54) is 4.90 Å². The minimum absolute atomic E-state index is 0.0251. The molecule has 144 valence electrons. The average Bonchev–Trinajstić information content (AvgIpc) is 3.16. The van der Waals surface area contributed by atoms with Gasteiger partial charge in [-0.15, -0.1) is 0 Å². The number of nitrogens with zero attached hydrogens (tertiary/aromatic N) is 3. The molecule has 0 aliphatic carbocycles. The highest BCUT2D eigenvalue weighted by Crippen LogP contribution is 2.34. The van der Waals surface area contributed by atoms with Crippen LogP contribution < -0.4 is 15.0 Å². The van der Waals surface area contributed by atoms with E-state index in [9.17, 15) is 9.59 Å². The summed E-state index contributed by atoms with van der Waals surface area (Å²) >= 11 is 0. The Morgan fingerprint density at radius 2 is 2.22 bits per heavy atom. The van der Waals surface area contributed by atoms with Gasteiger partial charge in [0, 0.05) is 39.4 Å². The number of rotatable bonds is 6. The Morgan fingerprint density at radius 1 is 1.41 bits per heavy atom. The normalized spacial score (nSPS) is 15.7. The molecule has 1 aliphatic rings. The van der Waals surface area contributed by atoms with Crippen molar-refractivity contribution in [3.63, 3.8) is 0 Å². The van der Waals surface area contributed by atoms with Crippen LogP contribution in [0, 0.1) is 0 Å². The van der Waals surface area contributed by atoms with E-state index in [4.69, 9.17) is 4.74 Å². The van der Waals surface area contributed by atoms with Crippen LogP contribution >= 0.6 is 0 Å². The number of aromatic nitrogens is 2. The Kier molecular flexibility index (Phi) is 5.63. The predicted molar refractivity (Wildman–Crippen MR) is 102 cm³/mol. The van der Waals surface area contributed by atoms with Crippen LogP contribution in [0.3, 0.4) is 0 Å². The maximum atomic E-state index is 12.3. The summed E-state index contributed by atoms with van der Waals surface area (Å²) in [6, 6.07) is 5.30. The van der Waals surface area contributed by atoms with Crippen LogP contribution in [0.2, 0.25) is 0 Å². The molecule has 0 unspecified atom stereocenters. The molecule has 1 aliphatic heterocycles. The van der Waals surface area contributed by atoms with Crippen molar-refractivity contribution in [2.24, 2.45) is 0 Å². The molecule has 0 fully saturated rings. The summed E-state index contributed by atoms with van der Waals surface area (Å²) in [5.74, 6) is 0.637. The van der Waals surface area contributed by atoms with Crippen molar-refractivity contribution in [3.8, 4) is 5.75 Å². The molecule has 1 aromatic heterocycles. The summed E-state index contributed by atoms with van der Waals surface area (Å²) in [4.78, 5) is 28.0. The number of hydrogen-bond acceptors (Lipinski definition) is 5. The highest BCUT2D eigenvalue weighted by Gasteiger charge is 2.27. The number of anilines is 1. The number of carbonyl (C=O) groups is 2. The van der Waals surface area contributed by atoms with Crippen molar-refractivity contribution >= 4 is 17.5 Å². The average molecular weight is 371 g/mol. The third-order valence-corrected chi connectivity index (χ3v) is 4.68. The largest absolute Gasteiger partial charge is 0.489 e. The molecule has 0 bridgehead atoms. The van der Waals surface area contributed by atoms with E-state index in [2.05, 4.69) is 15.5 Å². The number of H-pyrrole nitrogens is 1. The van der Waals surface area contributed by atoms with Crippen molar-refractivity contribution in [3.05, 3.63) is 41.7 Å². The molecule has 27 heavy (non-hydrogen) atoms. The first-order chi connectivity index (χ1) is 13.0. The summed E-state index contributed by atoms with van der Waals surface area (Å²) in [6.07, 6.45) is 4.63. The summed E-state index contributed by atoms with van der Waals surface area (Å²) in [5.41, 5.74) is 2.48. The quantitative estimate of drug-likeness (QED) is 0.792. The fraction of sp³-hybridized carbons (Fsp3) is 0.421. The number of carbonyl (C=O) groups excluding carboxylic acids is 2. The van der Waals surface area contributed by atoms with Gasteiger partial charge in [0.15, 0.2) is 0 Å². The van der Waals surface area contributed by atoms with Gasteiger partial charge < -0.3 is 19.9 Å². The Hall–Kier alpha value is -3.03. The Bertz CT molecular complexity index is 804. The van der Waals surface area contributed by atoms with Crippen LogP contribution in [0.4, 0.5) is 5.69 Å². The van der Waals surface area contributed by atoms with Crippen molar-refractivity contribution in [2.75, 3.05) is 39.2 Å². The van der Waals surface area contributed by atoms with E-state index in [0.29, 0.717) is 25.1 Å². The lowest BCUT2D eigenvalue weighted by Crippen LogP contribution is -2.44. The zero-order valence-electron chi connectivity index (χ0n) is 15.9. The van der Waals surface area contributed by atoms with E-state index in [-0.39, 0.29) is 17.9 Å². The third-order valence-electron chi connectivity index (χ3n) is 4.68. The zero-order chi connectivity index (χ0) is 19.4. The molecule has 0 spiro atoms. The maximum absolute atomic E-state index is 12.3. The number of nitrogens with one attached hydrogen (secondary N) is 2. The Balaban J connectivity index is 1.60. The van der Waals surface area contributed by atoms with Crippen molar-refractivity contribution in [2.45, 2.75) is 18.9 Å². The zero-order valence-corrected chi connectivity index (χ0v) is 15.9. The first kappa shape index (κ1) is 18.8. The van der Waals surface area contributed by atoms with E-state index < -0.39 is 0 Å². The number of ether oxygens (including phenoxy) is 1. The van der Waals surface area contributed by atoms with Gasteiger partial charge in [0.2, 0.25) is 5.91 Å². The summed E-state index contributed by atoms with van der Waals surface area (Å²) in [6.45, 7) is 0.993. The summed E-state index contributed by atoms with van der Waals surface area (Å²) in [5, 5.41) is 9.58. The molecule has 3 rings (SSSR count). The molecule has 2 heterocycles. The van der Waals surface area contributed by atoms with Gasteiger partial charge in [-0.1, -0.05) is 0 Å². The molecule has 8 nitrogen and oxygen atoms in total. The predicted octanol–water partition coefficient (Wildman–Crippen LogP) is 1.06. The fourth-order valence-corrected chi connectivity index (χ4v) is 3.04. The molecule has 1 atom stereocenters. The van der Waals surface area contributed by atoms with Crippen molar-refractivity contribution in [1.82, 2.24) is 20.4 Å². The number of hydrogen-bond donors (Lipinski definition) is 2. The van der Waals surface area contributed by atoms with Gasteiger partial charge >= 0.3 is 0 Å². The topological polar surface area (TPSA) is 90.6 Å². The number of amides is 2. The minimum Gasteiger partial charge on any atom is -0.489 e. The van der Waals surface area contributed by atoms with Crippen molar-refractivity contribution < 1.29 is 14.3 Å². The summed E-state index contributed by atoms with van der Waals surface area (Å²) in [7, 11) is 5.37. The lowest BCUT2D eigenvalue weighted by atomic mass is 10.1. The summed E-state index contributed by atoms with van der Waals surface area (Å²) < 4.78 is 5.81. The molecule has 2 amide bonds. The maximum Gasteiger partial charge on any atom is 0.253 e. The van der Waals surface area contributed by atoms with Crippen LogP contribution in [-0.2, 0) is 11.2 Å². The second-order valence-corrected chi connectivity index (χ2v) is 6.87. The molecule has 2 N–H and O–H groups in total. The molecule has 0 saturated carbocycles. The second-order valence-electron chi connectivity index (χ2n) is 6.87. The van der Waals surface area contributed by atoms with Gasteiger partial charge in [0.1, 0.15) is 12.4 Å². The van der Waals surface area contributed by atoms with E-state index in [0.717, 1.165) is 23.4 Å². The first-order valence-corrected chi connectivity index (χ1v) is 8.91. The molecule has 0 saturated heterocycles. The molecule has 0 radical (unpaired) electrons. The SMILES string of the molecule is CN(C)C(=O)c1ccc2c(c1)N(C)[C@H](CC(=O)NCCc1cn[nH]c1)CO2. The highest BCUT2D eigenvalue weighted by molar-refractivity contribution is 5.95.